The third-order valence-electron chi connectivity index (χ3n) is 4.99. The van der Waals surface area contributed by atoms with E-state index in [2.05, 4.69) is 20.8 Å². The van der Waals surface area contributed by atoms with Gasteiger partial charge in [-0.2, -0.15) is 0 Å². The second-order valence-electron chi connectivity index (χ2n) is 6.39. The van der Waals surface area contributed by atoms with Crippen molar-refractivity contribution >= 4 is 0 Å². The molecule has 0 fully saturated rings. The van der Waals surface area contributed by atoms with Crippen LogP contribution in [0, 0.1) is 20.6 Å². The summed E-state index contributed by atoms with van der Waals surface area (Å²) < 4.78 is 48.7. The Morgan fingerprint density at radius 3 is 2.36 bits per heavy atom. The molecule has 0 atom stereocenters. The lowest BCUT2D eigenvalue weighted by Crippen LogP contribution is -2.34. The van der Waals surface area contributed by atoms with Crippen molar-refractivity contribution in [3.63, 3.8) is 0 Å². The van der Waals surface area contributed by atoms with E-state index in [0.717, 1.165) is 35.2 Å². The van der Waals surface area contributed by atoms with Crippen LogP contribution in [0.3, 0.4) is 0 Å². The third-order valence-corrected chi connectivity index (χ3v) is 4.99. The van der Waals surface area contributed by atoms with Crippen molar-refractivity contribution in [2.24, 2.45) is 7.05 Å². The maximum Gasteiger partial charge on any atom is 0.212 e. The van der Waals surface area contributed by atoms with Crippen LogP contribution in [0.25, 0.3) is 11.3 Å². The fourth-order valence-corrected chi connectivity index (χ4v) is 3.00. The molecule has 0 saturated heterocycles. The van der Waals surface area contributed by atoms with Gasteiger partial charge in [-0.15, -0.1) is 0 Å². The van der Waals surface area contributed by atoms with Crippen molar-refractivity contribution < 1.29 is 12.8 Å². The van der Waals surface area contributed by atoms with E-state index in [1.807, 2.05) is 30.7 Å². The van der Waals surface area contributed by atoms with Gasteiger partial charge in [0.15, 0.2) is 6.20 Å². The smallest absolute Gasteiger partial charge is 0.201 e. The number of pyridine rings is 1. The van der Waals surface area contributed by atoms with Crippen molar-refractivity contribution in [2.75, 3.05) is 0 Å². The van der Waals surface area contributed by atoms with Crippen LogP contribution in [0.1, 0.15) is 64.1 Å². The highest BCUT2D eigenvalue weighted by Crippen LogP contribution is 2.35. The van der Waals surface area contributed by atoms with Gasteiger partial charge >= 0.3 is 0 Å². The molecule has 0 aliphatic carbocycles. The van der Waals surface area contributed by atoms with Crippen LogP contribution in [0.5, 0.6) is 0 Å². The summed E-state index contributed by atoms with van der Waals surface area (Å²) in [5, 5.41) is 0. The summed E-state index contributed by atoms with van der Waals surface area (Å²) in [6.45, 7) is 3.81. The lowest BCUT2D eigenvalue weighted by molar-refractivity contribution is -0.660. The van der Waals surface area contributed by atoms with E-state index < -0.39 is 13.7 Å². The molecule has 0 unspecified atom stereocenters. The quantitative estimate of drug-likeness (QED) is 0.685. The number of benzene rings is 1. The Hall–Kier alpha value is -1.63. The van der Waals surface area contributed by atoms with Crippen molar-refractivity contribution in [1.82, 2.24) is 0 Å². The van der Waals surface area contributed by atoms with Gasteiger partial charge in [-0.05, 0) is 56.1 Å². The molecule has 1 aromatic heterocycles. The molecule has 118 valence electrons. The summed E-state index contributed by atoms with van der Waals surface area (Å²) in [5.74, 6) is 0. The first kappa shape index (κ1) is 10.2. The molecule has 0 saturated carbocycles. The van der Waals surface area contributed by atoms with Crippen LogP contribution in [-0.2, 0) is 12.5 Å². The van der Waals surface area contributed by atoms with Crippen LogP contribution in [-0.4, -0.2) is 0 Å². The number of hydrogen-bond donors (Lipinski definition) is 0. The van der Waals surface area contributed by atoms with Crippen molar-refractivity contribution in [2.45, 2.75) is 59.7 Å². The van der Waals surface area contributed by atoms with Gasteiger partial charge in [-0.3, -0.25) is 0 Å². The van der Waals surface area contributed by atoms with Crippen molar-refractivity contribution in [3.8, 4) is 11.3 Å². The van der Waals surface area contributed by atoms with E-state index in [1.165, 1.54) is 0 Å². The van der Waals surface area contributed by atoms with Gasteiger partial charge in [-0.25, -0.2) is 4.57 Å². The van der Waals surface area contributed by atoms with Crippen LogP contribution < -0.4 is 4.57 Å². The number of nitrogens with zero attached hydrogens (tertiary/aromatic N) is 1. The standard InChI is InChI=1S/C21H30N/c1-8-21(6,9-2)19-13-20(22(7)14-17(19)5)18-11-10-15(3)12-16(18)4/h10-14H,8-9H2,1-7H3/q+1/i3D3,5D3. The Morgan fingerprint density at radius 2 is 1.82 bits per heavy atom. The fourth-order valence-electron chi connectivity index (χ4n) is 3.00. The highest BCUT2D eigenvalue weighted by molar-refractivity contribution is 5.63. The number of rotatable bonds is 4. The lowest BCUT2D eigenvalue weighted by atomic mass is 9.76. The zero-order valence-corrected chi connectivity index (χ0v) is 14.2. The van der Waals surface area contributed by atoms with E-state index in [9.17, 15) is 0 Å². The second-order valence-corrected chi connectivity index (χ2v) is 6.39. The van der Waals surface area contributed by atoms with E-state index in [4.69, 9.17) is 8.22 Å². The van der Waals surface area contributed by atoms with Crippen LogP contribution in [0.15, 0.2) is 30.5 Å². The number of hydrogen-bond acceptors (Lipinski definition) is 0. The topological polar surface area (TPSA) is 3.88 Å². The average molecular weight is 303 g/mol. The molecule has 1 nitrogen and oxygen atoms in total. The SMILES string of the molecule is [2H]C([2H])([2H])c1ccc(-c2cc(C(C)(CC)CC)c(C([2H])([2H])[2H])c[n+]2C)c(C)c1. The molecule has 2 rings (SSSR count). The Labute approximate surface area is 144 Å². The van der Waals surface area contributed by atoms with Gasteiger partial charge in [0.25, 0.3) is 0 Å². The molecule has 0 spiro atoms. The molecule has 1 heteroatoms. The first-order valence-electron chi connectivity index (χ1n) is 10.9. The normalized spacial score (nSPS) is 17.0. The third kappa shape index (κ3) is 2.95. The molecule has 0 bridgehead atoms. The molecule has 0 N–H and O–H groups in total. The zero-order chi connectivity index (χ0) is 21.5. The minimum absolute atomic E-state index is 0.251. The van der Waals surface area contributed by atoms with Crippen molar-refractivity contribution in [1.29, 1.82) is 0 Å². The largest absolute Gasteiger partial charge is 0.212 e. The zero-order valence-electron chi connectivity index (χ0n) is 20.2. The van der Waals surface area contributed by atoms with Crippen LogP contribution in [0.2, 0.25) is 0 Å². The maximum absolute atomic E-state index is 8.01. The highest BCUT2D eigenvalue weighted by atomic mass is 14.9. The molecule has 1 aromatic carbocycles. The van der Waals surface area contributed by atoms with Gasteiger partial charge in [-0.1, -0.05) is 38.5 Å². The van der Waals surface area contributed by atoms with Gasteiger partial charge < -0.3 is 0 Å². The minimum Gasteiger partial charge on any atom is -0.201 e. The van der Waals surface area contributed by atoms with Gasteiger partial charge in [0.2, 0.25) is 5.69 Å². The van der Waals surface area contributed by atoms with Gasteiger partial charge in [0, 0.05) is 25.4 Å². The number of aryl methyl sites for hydroxylation is 4. The van der Waals surface area contributed by atoms with E-state index in [-0.39, 0.29) is 5.41 Å². The van der Waals surface area contributed by atoms with Crippen LogP contribution in [0.4, 0.5) is 0 Å². The lowest BCUT2D eigenvalue weighted by Gasteiger charge is -2.29. The molecular weight excluding hydrogens is 266 g/mol. The Bertz CT molecular complexity index is 860. The molecule has 0 aliphatic heterocycles. The van der Waals surface area contributed by atoms with Gasteiger partial charge in [0.1, 0.15) is 7.05 Å². The summed E-state index contributed by atoms with van der Waals surface area (Å²) >= 11 is 0. The Kier molecular flexibility index (Phi) is 2.89. The fraction of sp³-hybridized carbons (Fsp3) is 0.476. The molecule has 0 radical (unpaired) electrons. The monoisotopic (exact) mass is 302 g/mol. The van der Waals surface area contributed by atoms with Crippen molar-refractivity contribution in [3.05, 3.63) is 52.7 Å². The Balaban J connectivity index is 2.77. The van der Waals surface area contributed by atoms with Crippen LogP contribution >= 0.6 is 0 Å². The number of aromatic nitrogens is 1. The Morgan fingerprint density at radius 1 is 1.09 bits per heavy atom. The first-order valence-corrected chi connectivity index (χ1v) is 7.90. The van der Waals surface area contributed by atoms with Gasteiger partial charge in [0.05, 0.1) is 0 Å². The molecule has 1 heterocycles. The highest BCUT2D eigenvalue weighted by Gasteiger charge is 2.27. The molecular formula is C21H30N+. The second kappa shape index (κ2) is 6.24. The van der Waals surface area contributed by atoms with E-state index >= 15 is 0 Å². The summed E-state index contributed by atoms with van der Waals surface area (Å²) in [5.41, 5.74) is 3.91. The minimum atomic E-state index is -2.20. The first-order chi connectivity index (χ1) is 12.7. The van der Waals surface area contributed by atoms with E-state index in [1.54, 1.807) is 18.3 Å². The maximum atomic E-state index is 8.01. The summed E-state index contributed by atoms with van der Waals surface area (Å²) in [4.78, 5) is 0. The average Bonchev–Trinajstić information content (AvgIpc) is 2.59. The molecule has 2 aromatic rings. The predicted molar refractivity (Wildman–Crippen MR) is 95.2 cm³/mol. The predicted octanol–water partition coefficient (Wildman–Crippen LogP) is 5.18. The molecule has 22 heavy (non-hydrogen) atoms. The summed E-state index contributed by atoms with van der Waals surface area (Å²) in [6.07, 6.45) is 3.37. The summed E-state index contributed by atoms with van der Waals surface area (Å²) in [6, 6.07) is 7.12. The molecule has 0 amide bonds. The van der Waals surface area contributed by atoms with E-state index in [0.29, 0.717) is 11.1 Å². The summed E-state index contributed by atoms with van der Waals surface area (Å²) in [7, 11) is 1.83. The molecule has 0 aliphatic rings.